The molecule has 1 atom stereocenters. The van der Waals surface area contributed by atoms with Gasteiger partial charge in [0, 0.05) is 42.1 Å². The number of para-hydroxylation sites is 1. The minimum Gasteiger partial charge on any atom is -0.485 e. The standard InChI is InChI=1S/C35H37N3O4/c1-3-32(39)38-18-15-35(16-19-38)22-31(42-30-11-6-5-8-24(30)21-33(40)41-4-2)28-20-23(12-13-29(28)35)25-9-7-10-27-26(25)14-17-37-34(27)36/h5-14,17,20,31H,3-4,15-16,18-19,21-22H2,1-2H3,(H2,36,37). The van der Waals surface area contributed by atoms with Crippen molar-refractivity contribution in [3.05, 3.63) is 89.6 Å². The number of nitrogens with two attached hydrogens (primary N) is 1. The molecule has 7 heteroatoms. The summed E-state index contributed by atoms with van der Waals surface area (Å²) in [4.78, 5) is 31.1. The number of esters is 1. The number of nitrogens with zero attached hydrogens (tertiary/aromatic N) is 2. The van der Waals surface area contributed by atoms with E-state index >= 15 is 0 Å². The number of aromatic nitrogens is 1. The molecule has 0 radical (unpaired) electrons. The number of rotatable bonds is 7. The summed E-state index contributed by atoms with van der Waals surface area (Å²) >= 11 is 0. The molecule has 6 rings (SSSR count). The lowest BCUT2D eigenvalue weighted by Crippen LogP contribution is -2.44. The minimum absolute atomic E-state index is 0.0771. The summed E-state index contributed by atoms with van der Waals surface area (Å²) < 4.78 is 12.0. The Hall–Kier alpha value is -4.39. The molecule has 1 saturated heterocycles. The van der Waals surface area contributed by atoms with Gasteiger partial charge in [-0.2, -0.15) is 0 Å². The van der Waals surface area contributed by atoms with E-state index in [1.807, 2.05) is 61.2 Å². The van der Waals surface area contributed by atoms with E-state index in [1.54, 1.807) is 6.20 Å². The Kier molecular flexibility index (Phi) is 7.58. The van der Waals surface area contributed by atoms with Crippen LogP contribution in [0.2, 0.25) is 0 Å². The van der Waals surface area contributed by atoms with Gasteiger partial charge >= 0.3 is 5.97 Å². The molecular weight excluding hydrogens is 526 g/mol. The fourth-order valence-electron chi connectivity index (χ4n) is 6.81. The van der Waals surface area contributed by atoms with Crippen molar-refractivity contribution in [3.63, 3.8) is 0 Å². The second-order valence-corrected chi connectivity index (χ2v) is 11.3. The number of benzene rings is 3. The average Bonchev–Trinajstić information content (AvgIpc) is 3.29. The van der Waals surface area contributed by atoms with Gasteiger partial charge in [0.15, 0.2) is 0 Å². The number of hydrogen-bond donors (Lipinski definition) is 1. The van der Waals surface area contributed by atoms with E-state index in [-0.39, 0.29) is 29.8 Å². The maximum absolute atomic E-state index is 12.5. The highest BCUT2D eigenvalue weighted by Crippen LogP contribution is 2.53. The third-order valence-corrected chi connectivity index (χ3v) is 8.95. The van der Waals surface area contributed by atoms with Crippen molar-refractivity contribution in [2.75, 3.05) is 25.4 Å². The van der Waals surface area contributed by atoms with E-state index in [9.17, 15) is 9.59 Å². The molecule has 1 amide bonds. The third kappa shape index (κ3) is 5.08. The zero-order valence-corrected chi connectivity index (χ0v) is 24.3. The van der Waals surface area contributed by atoms with Gasteiger partial charge in [-0.3, -0.25) is 9.59 Å². The number of fused-ring (bicyclic) bond motifs is 3. The summed E-state index contributed by atoms with van der Waals surface area (Å²) in [5, 5.41) is 1.99. The SMILES string of the molecule is CCOC(=O)Cc1ccccc1OC1CC2(CCN(C(=O)CC)CC2)c2ccc(-c3cccc4c(N)nccc34)cc21. The molecule has 4 aromatic rings. The molecule has 7 nitrogen and oxygen atoms in total. The van der Waals surface area contributed by atoms with Crippen molar-refractivity contribution in [1.29, 1.82) is 0 Å². The lowest BCUT2D eigenvalue weighted by atomic mass is 9.73. The molecule has 1 aromatic heterocycles. The fourth-order valence-corrected chi connectivity index (χ4v) is 6.81. The highest BCUT2D eigenvalue weighted by atomic mass is 16.5. The zero-order valence-electron chi connectivity index (χ0n) is 24.3. The van der Waals surface area contributed by atoms with Crippen LogP contribution in [0.25, 0.3) is 21.9 Å². The highest BCUT2D eigenvalue weighted by Gasteiger charge is 2.47. The molecule has 0 bridgehead atoms. The number of nitrogen functional groups attached to an aromatic ring is 1. The predicted octanol–water partition coefficient (Wildman–Crippen LogP) is 6.38. The van der Waals surface area contributed by atoms with Crippen LogP contribution in [0, 0.1) is 0 Å². The van der Waals surface area contributed by atoms with Crippen LogP contribution in [0.3, 0.4) is 0 Å². The smallest absolute Gasteiger partial charge is 0.310 e. The Morgan fingerprint density at radius 1 is 1.00 bits per heavy atom. The monoisotopic (exact) mass is 563 g/mol. The van der Waals surface area contributed by atoms with Crippen LogP contribution in [0.4, 0.5) is 5.82 Å². The first kappa shape index (κ1) is 27.8. The van der Waals surface area contributed by atoms with Gasteiger partial charge in [0.1, 0.15) is 17.7 Å². The normalized spacial score (nSPS) is 17.3. The molecule has 1 aliphatic carbocycles. The first-order chi connectivity index (χ1) is 20.4. The van der Waals surface area contributed by atoms with Crippen LogP contribution < -0.4 is 10.5 Å². The number of carbonyl (C=O) groups is 2. The number of ether oxygens (including phenoxy) is 2. The van der Waals surface area contributed by atoms with Gasteiger partial charge in [0.25, 0.3) is 0 Å². The summed E-state index contributed by atoms with van der Waals surface area (Å²) in [5.41, 5.74) is 11.6. The van der Waals surface area contributed by atoms with E-state index in [2.05, 4.69) is 29.2 Å². The summed E-state index contributed by atoms with van der Waals surface area (Å²) in [6, 6.07) is 22.6. The van der Waals surface area contributed by atoms with Gasteiger partial charge in [-0.25, -0.2) is 4.98 Å². The summed E-state index contributed by atoms with van der Waals surface area (Å²) in [6.45, 7) is 5.57. The van der Waals surface area contributed by atoms with Crippen molar-refractivity contribution in [3.8, 4) is 16.9 Å². The Bertz CT molecular complexity index is 1640. The Morgan fingerprint density at radius 2 is 1.81 bits per heavy atom. The van der Waals surface area contributed by atoms with Crippen LogP contribution in [0.1, 0.15) is 62.3 Å². The molecule has 2 N–H and O–H groups in total. The topological polar surface area (TPSA) is 94.8 Å². The van der Waals surface area contributed by atoms with Crippen molar-refractivity contribution >= 4 is 28.5 Å². The molecule has 216 valence electrons. The van der Waals surface area contributed by atoms with E-state index in [0.29, 0.717) is 24.6 Å². The largest absolute Gasteiger partial charge is 0.485 e. The lowest BCUT2D eigenvalue weighted by molar-refractivity contribution is -0.142. The summed E-state index contributed by atoms with van der Waals surface area (Å²) in [5.74, 6) is 1.16. The van der Waals surface area contributed by atoms with Crippen molar-refractivity contribution in [1.82, 2.24) is 9.88 Å². The molecule has 1 spiro atoms. The van der Waals surface area contributed by atoms with E-state index in [1.165, 1.54) is 5.56 Å². The number of likely N-dealkylation sites (tertiary alicyclic amines) is 1. The van der Waals surface area contributed by atoms with Crippen LogP contribution in [0.15, 0.2) is 72.9 Å². The molecule has 1 unspecified atom stereocenters. The molecule has 2 aliphatic rings. The third-order valence-electron chi connectivity index (χ3n) is 8.95. The number of anilines is 1. The van der Waals surface area contributed by atoms with E-state index < -0.39 is 0 Å². The minimum atomic E-state index is -0.267. The Morgan fingerprint density at radius 3 is 2.60 bits per heavy atom. The van der Waals surface area contributed by atoms with Crippen LogP contribution in [-0.2, 0) is 26.2 Å². The summed E-state index contributed by atoms with van der Waals surface area (Å²) in [6.07, 6.45) is 4.85. The fraction of sp³-hybridized carbons (Fsp3) is 0.343. The lowest BCUT2D eigenvalue weighted by Gasteiger charge is -2.40. The first-order valence-corrected chi connectivity index (χ1v) is 14.9. The number of carbonyl (C=O) groups excluding carboxylic acids is 2. The maximum Gasteiger partial charge on any atom is 0.310 e. The maximum atomic E-state index is 12.5. The van der Waals surface area contributed by atoms with Crippen LogP contribution in [0.5, 0.6) is 5.75 Å². The first-order valence-electron chi connectivity index (χ1n) is 14.9. The molecule has 1 aliphatic heterocycles. The van der Waals surface area contributed by atoms with Crippen LogP contribution >= 0.6 is 0 Å². The van der Waals surface area contributed by atoms with Gasteiger partial charge in [0.05, 0.1) is 13.0 Å². The van der Waals surface area contributed by atoms with Gasteiger partial charge < -0.3 is 20.1 Å². The van der Waals surface area contributed by atoms with E-state index in [0.717, 1.165) is 65.4 Å². The molecule has 1 fully saturated rings. The van der Waals surface area contributed by atoms with Gasteiger partial charge in [-0.15, -0.1) is 0 Å². The van der Waals surface area contributed by atoms with Gasteiger partial charge in [-0.05, 0) is 72.0 Å². The quantitative estimate of drug-likeness (QED) is 0.262. The molecule has 2 heterocycles. The molecule has 0 saturated carbocycles. The van der Waals surface area contributed by atoms with Gasteiger partial charge in [-0.1, -0.05) is 55.5 Å². The van der Waals surface area contributed by atoms with Gasteiger partial charge in [0.2, 0.25) is 5.91 Å². The second-order valence-electron chi connectivity index (χ2n) is 11.3. The number of piperidine rings is 1. The predicted molar refractivity (Wildman–Crippen MR) is 164 cm³/mol. The summed E-state index contributed by atoms with van der Waals surface area (Å²) in [7, 11) is 0. The second kappa shape index (κ2) is 11.5. The number of hydrogen-bond acceptors (Lipinski definition) is 6. The average molecular weight is 564 g/mol. The number of amides is 1. The van der Waals surface area contributed by atoms with Crippen molar-refractivity contribution in [2.24, 2.45) is 0 Å². The molecular formula is C35H37N3O4. The zero-order chi connectivity index (χ0) is 29.3. The van der Waals surface area contributed by atoms with Crippen molar-refractivity contribution < 1.29 is 19.1 Å². The molecule has 42 heavy (non-hydrogen) atoms. The van der Waals surface area contributed by atoms with Crippen molar-refractivity contribution in [2.45, 2.75) is 57.5 Å². The molecule has 3 aromatic carbocycles. The Labute approximate surface area is 246 Å². The van der Waals surface area contributed by atoms with Crippen LogP contribution in [-0.4, -0.2) is 41.5 Å². The van der Waals surface area contributed by atoms with E-state index in [4.69, 9.17) is 15.2 Å². The highest BCUT2D eigenvalue weighted by molar-refractivity contribution is 6.01. The number of pyridine rings is 1. The Balaban J connectivity index is 1.40.